The molecule has 1 aliphatic rings. The zero-order chi connectivity index (χ0) is 43.7. The lowest BCUT2D eigenvalue weighted by Crippen LogP contribution is -2.33. The van der Waals surface area contributed by atoms with Crippen LogP contribution in [0, 0.1) is 0 Å². The first-order chi connectivity index (χ1) is 32.7. The van der Waals surface area contributed by atoms with Gasteiger partial charge in [-0.05, 0) is 133 Å². The van der Waals surface area contributed by atoms with E-state index in [1.54, 1.807) is 0 Å². The highest BCUT2D eigenvalue weighted by atomic mass is 15.2. The van der Waals surface area contributed by atoms with Crippen LogP contribution in [0.25, 0.3) is 72.0 Å². The fraction of sp³-hybridized carbons (Fsp3) is 0.0492. The highest BCUT2D eigenvalue weighted by Gasteiger charge is 2.28. The minimum Gasteiger partial charge on any atom is -0.344 e. The van der Waals surface area contributed by atoms with Crippen LogP contribution in [0.4, 0.5) is 28.4 Å². The Morgan fingerprint density at radius 2 is 0.818 bits per heavy atom. The lowest BCUT2D eigenvalue weighted by molar-refractivity contribution is 0.762. The van der Waals surface area contributed by atoms with E-state index < -0.39 is 0 Å². The summed E-state index contributed by atoms with van der Waals surface area (Å²) in [4.78, 5) is 4.95. The number of nitrogens with zero attached hydrogens (tertiary/aromatic N) is 5. The van der Waals surface area contributed by atoms with Crippen LogP contribution in [0.15, 0.2) is 231 Å². The standard InChI is InChI=1S/C61H45N5/c1-62-56-34-30-46(63(42-18-6-2-7-19-42)48-32-36-60-52(38-48)50-26-14-16-28-58(50)65(60)44-22-10-4-11-23-44)40-54(56)55-41-47(31-35-57(55)62)64(43-20-8-3-9-21-43)49-33-37-61-53(39-49)51-27-15-17-29-59(51)66(61)45-24-12-5-13-25-45/h2-40,47H,41H2,1H3. The number of hydrogen-bond acceptors (Lipinski definition) is 2. The molecule has 0 fully saturated rings. The highest BCUT2D eigenvalue weighted by Crippen LogP contribution is 2.44. The molecule has 3 aromatic heterocycles. The van der Waals surface area contributed by atoms with Crippen LogP contribution < -0.4 is 9.80 Å². The highest BCUT2D eigenvalue weighted by molar-refractivity contribution is 6.12. The molecule has 0 spiro atoms. The van der Waals surface area contributed by atoms with Gasteiger partial charge in [0.1, 0.15) is 0 Å². The normalized spacial score (nSPS) is 13.6. The summed E-state index contributed by atoms with van der Waals surface area (Å²) in [5, 5.41) is 6.23. The predicted molar refractivity (Wildman–Crippen MR) is 278 cm³/mol. The molecule has 1 aliphatic carbocycles. The number of aromatic nitrogens is 3. The molecular formula is C61H45N5. The zero-order valence-corrected chi connectivity index (χ0v) is 36.5. The van der Waals surface area contributed by atoms with Crippen LogP contribution in [0.3, 0.4) is 0 Å². The average molecular weight is 848 g/mol. The van der Waals surface area contributed by atoms with Gasteiger partial charge in [-0.2, -0.15) is 0 Å². The topological polar surface area (TPSA) is 21.3 Å². The number of benzene rings is 9. The number of para-hydroxylation sites is 6. The van der Waals surface area contributed by atoms with Crippen molar-refractivity contribution in [1.82, 2.24) is 13.7 Å². The van der Waals surface area contributed by atoms with E-state index in [9.17, 15) is 0 Å². The molecule has 3 heterocycles. The van der Waals surface area contributed by atoms with E-state index in [0.29, 0.717) is 0 Å². The molecule has 5 heteroatoms. The van der Waals surface area contributed by atoms with Gasteiger partial charge >= 0.3 is 0 Å². The summed E-state index contributed by atoms with van der Waals surface area (Å²) >= 11 is 0. The van der Waals surface area contributed by atoms with E-state index in [1.807, 2.05) is 0 Å². The van der Waals surface area contributed by atoms with Gasteiger partial charge in [0.25, 0.3) is 0 Å². The minimum absolute atomic E-state index is 0.0728. The summed E-state index contributed by atoms with van der Waals surface area (Å²) in [6, 6.07) is 81.7. The molecular weight excluding hydrogens is 803 g/mol. The number of rotatable bonds is 8. The van der Waals surface area contributed by atoms with Gasteiger partial charge < -0.3 is 23.5 Å². The van der Waals surface area contributed by atoms with Crippen LogP contribution in [-0.2, 0) is 13.5 Å². The predicted octanol–water partition coefficient (Wildman–Crippen LogP) is 15.6. The Kier molecular flexibility index (Phi) is 8.81. The van der Waals surface area contributed by atoms with E-state index in [1.165, 1.54) is 77.1 Å². The lowest BCUT2D eigenvalue weighted by atomic mass is 9.94. The van der Waals surface area contributed by atoms with Crippen molar-refractivity contribution < 1.29 is 0 Å². The maximum absolute atomic E-state index is 2.54. The van der Waals surface area contributed by atoms with E-state index >= 15 is 0 Å². The van der Waals surface area contributed by atoms with E-state index in [4.69, 9.17) is 0 Å². The van der Waals surface area contributed by atoms with Gasteiger partial charge in [-0.15, -0.1) is 0 Å². The van der Waals surface area contributed by atoms with E-state index in [-0.39, 0.29) is 6.04 Å². The van der Waals surface area contributed by atoms with Gasteiger partial charge in [0.15, 0.2) is 0 Å². The molecule has 0 saturated carbocycles. The van der Waals surface area contributed by atoms with Crippen molar-refractivity contribution in [1.29, 1.82) is 0 Å². The van der Waals surface area contributed by atoms with Gasteiger partial charge in [-0.1, -0.05) is 115 Å². The average Bonchev–Trinajstić information content (AvgIpc) is 3.99. The lowest BCUT2D eigenvalue weighted by Gasteiger charge is -2.34. The van der Waals surface area contributed by atoms with Crippen molar-refractivity contribution in [3.8, 4) is 11.4 Å². The first-order valence-corrected chi connectivity index (χ1v) is 22.8. The molecule has 13 rings (SSSR count). The summed E-state index contributed by atoms with van der Waals surface area (Å²) in [6.07, 6.45) is 5.61. The molecule has 0 radical (unpaired) electrons. The summed E-state index contributed by atoms with van der Waals surface area (Å²) in [7, 11) is 2.21. The monoisotopic (exact) mass is 847 g/mol. The molecule has 9 aromatic carbocycles. The van der Waals surface area contributed by atoms with Crippen molar-refractivity contribution in [2.45, 2.75) is 12.5 Å². The third-order valence-electron chi connectivity index (χ3n) is 13.7. The Hall–Kier alpha value is -8.54. The maximum atomic E-state index is 2.54. The van der Waals surface area contributed by atoms with Crippen molar-refractivity contribution in [3.63, 3.8) is 0 Å². The third kappa shape index (κ3) is 6.01. The largest absolute Gasteiger partial charge is 0.344 e. The van der Waals surface area contributed by atoms with Crippen LogP contribution >= 0.6 is 0 Å². The van der Waals surface area contributed by atoms with Gasteiger partial charge in [0.2, 0.25) is 0 Å². The Labute approximate surface area is 383 Å². The van der Waals surface area contributed by atoms with E-state index in [0.717, 1.165) is 34.9 Å². The zero-order valence-electron chi connectivity index (χ0n) is 36.5. The Morgan fingerprint density at radius 3 is 1.39 bits per heavy atom. The maximum Gasteiger partial charge on any atom is 0.0567 e. The van der Waals surface area contributed by atoms with Crippen LogP contribution in [0.2, 0.25) is 0 Å². The molecule has 314 valence electrons. The van der Waals surface area contributed by atoms with Gasteiger partial charge in [0.05, 0.1) is 28.1 Å². The van der Waals surface area contributed by atoms with Crippen molar-refractivity contribution in [3.05, 3.63) is 242 Å². The molecule has 0 bridgehead atoms. The van der Waals surface area contributed by atoms with Gasteiger partial charge in [-0.25, -0.2) is 0 Å². The van der Waals surface area contributed by atoms with Crippen molar-refractivity contribution in [2.24, 2.45) is 7.05 Å². The molecule has 1 atom stereocenters. The summed E-state index contributed by atoms with van der Waals surface area (Å²) in [5.74, 6) is 0. The second-order valence-corrected chi connectivity index (χ2v) is 17.4. The fourth-order valence-electron chi connectivity index (χ4n) is 10.8. The van der Waals surface area contributed by atoms with Gasteiger partial charge in [-0.3, -0.25) is 0 Å². The Balaban J connectivity index is 0.937. The van der Waals surface area contributed by atoms with Crippen LogP contribution in [0.1, 0.15) is 11.3 Å². The quantitative estimate of drug-likeness (QED) is 0.152. The van der Waals surface area contributed by atoms with Gasteiger partial charge in [0, 0.05) is 85.0 Å². The molecule has 1 unspecified atom stereocenters. The first kappa shape index (κ1) is 38.0. The first-order valence-electron chi connectivity index (χ1n) is 22.8. The molecule has 5 nitrogen and oxygen atoms in total. The SMILES string of the molecule is Cn1c2c(c3cc(N(c4ccccc4)c4ccc5c(c4)c4ccccc4n5-c4ccccc4)ccc31)CC(N(c1ccccc1)c1ccc3c(c1)c1ccccc1n3-c1ccccc1)C=C2. The smallest absolute Gasteiger partial charge is 0.0567 e. The fourth-order valence-corrected chi connectivity index (χ4v) is 10.8. The molecule has 0 N–H and O–H groups in total. The van der Waals surface area contributed by atoms with Crippen LogP contribution in [0.5, 0.6) is 0 Å². The number of hydrogen-bond donors (Lipinski definition) is 0. The molecule has 12 aromatic rings. The molecule has 66 heavy (non-hydrogen) atoms. The summed E-state index contributed by atoms with van der Waals surface area (Å²) in [6.45, 7) is 0. The van der Waals surface area contributed by atoms with Crippen molar-refractivity contribution in [2.75, 3.05) is 9.80 Å². The minimum atomic E-state index is 0.0728. The second-order valence-electron chi connectivity index (χ2n) is 17.4. The molecule has 0 aliphatic heterocycles. The number of aryl methyl sites for hydroxylation is 1. The Bertz CT molecular complexity index is 3800. The molecule has 0 saturated heterocycles. The number of anilines is 5. The second kappa shape index (κ2) is 15.3. The molecule has 0 amide bonds. The van der Waals surface area contributed by atoms with Crippen molar-refractivity contribution >= 4 is 89.0 Å². The summed E-state index contributed by atoms with van der Waals surface area (Å²) < 4.78 is 7.14. The third-order valence-corrected chi connectivity index (χ3v) is 13.7. The number of fused-ring (bicyclic) bond motifs is 9. The van der Waals surface area contributed by atoms with Crippen LogP contribution in [-0.4, -0.2) is 19.7 Å². The summed E-state index contributed by atoms with van der Waals surface area (Å²) in [5.41, 5.74) is 16.7. The van der Waals surface area contributed by atoms with E-state index in [2.05, 4.69) is 267 Å². The Morgan fingerprint density at radius 1 is 0.379 bits per heavy atom.